The third-order valence-electron chi connectivity index (χ3n) is 3.03. The van der Waals surface area contributed by atoms with E-state index in [9.17, 15) is 0 Å². The molecule has 0 aliphatic heterocycles. The second-order valence-corrected chi connectivity index (χ2v) is 4.80. The first-order valence-corrected chi connectivity index (χ1v) is 5.55. The van der Waals surface area contributed by atoms with Crippen molar-refractivity contribution >= 4 is 0 Å². The van der Waals surface area contributed by atoms with E-state index in [0.717, 1.165) is 18.4 Å². The molecule has 2 nitrogen and oxygen atoms in total. The summed E-state index contributed by atoms with van der Waals surface area (Å²) in [5, 5.41) is 0. The molecule has 0 amide bonds. The maximum atomic E-state index is 5.78. The van der Waals surface area contributed by atoms with Crippen LogP contribution < -0.4 is 5.73 Å². The van der Waals surface area contributed by atoms with Gasteiger partial charge in [-0.1, -0.05) is 13.8 Å². The molecule has 1 aliphatic carbocycles. The fourth-order valence-electron chi connectivity index (χ4n) is 1.84. The Bertz CT molecular complexity index is 141. The van der Waals surface area contributed by atoms with Crippen LogP contribution in [-0.2, 0) is 0 Å². The molecule has 0 spiro atoms. The quantitative estimate of drug-likeness (QED) is 0.681. The van der Waals surface area contributed by atoms with Gasteiger partial charge in [-0.2, -0.15) is 0 Å². The van der Waals surface area contributed by atoms with Crippen LogP contribution in [0, 0.1) is 11.8 Å². The summed E-state index contributed by atoms with van der Waals surface area (Å²) < 4.78 is 0. The fourth-order valence-corrected chi connectivity index (χ4v) is 1.84. The normalized spacial score (nSPS) is 19.8. The number of likely N-dealkylation sites (N-methyl/N-ethyl adjacent to an activating group) is 1. The molecule has 0 bridgehead atoms. The van der Waals surface area contributed by atoms with E-state index in [0.29, 0.717) is 6.04 Å². The van der Waals surface area contributed by atoms with E-state index in [2.05, 4.69) is 25.8 Å². The Morgan fingerprint density at radius 1 is 1.38 bits per heavy atom. The number of hydrogen-bond acceptors (Lipinski definition) is 2. The number of nitrogens with two attached hydrogens (primary N) is 1. The number of hydrogen-bond donors (Lipinski definition) is 1. The van der Waals surface area contributed by atoms with Gasteiger partial charge in [0, 0.05) is 12.6 Å². The molecule has 1 saturated carbocycles. The van der Waals surface area contributed by atoms with E-state index < -0.39 is 0 Å². The van der Waals surface area contributed by atoms with E-state index in [-0.39, 0.29) is 0 Å². The minimum atomic E-state index is 0.652. The molecule has 13 heavy (non-hydrogen) atoms. The van der Waals surface area contributed by atoms with E-state index in [1.807, 2.05) is 0 Å². The highest BCUT2D eigenvalue weighted by molar-refractivity contribution is 4.87. The van der Waals surface area contributed by atoms with Crippen molar-refractivity contribution in [1.82, 2.24) is 4.90 Å². The third kappa shape index (κ3) is 3.65. The minimum Gasteiger partial charge on any atom is -0.329 e. The average Bonchev–Trinajstić information content (AvgIpc) is 2.86. The number of rotatable bonds is 6. The molecule has 0 aromatic carbocycles. The third-order valence-corrected chi connectivity index (χ3v) is 3.03. The predicted octanol–water partition coefficient (Wildman–Crippen LogP) is 1.70. The maximum absolute atomic E-state index is 5.78. The van der Waals surface area contributed by atoms with Gasteiger partial charge in [0.25, 0.3) is 0 Å². The highest BCUT2D eigenvalue weighted by Crippen LogP contribution is 2.34. The summed E-state index contributed by atoms with van der Waals surface area (Å²) in [6.45, 7) is 6.60. The van der Waals surface area contributed by atoms with E-state index in [1.165, 1.54) is 25.8 Å². The van der Waals surface area contributed by atoms with Crippen molar-refractivity contribution in [2.24, 2.45) is 17.6 Å². The largest absolute Gasteiger partial charge is 0.329 e. The van der Waals surface area contributed by atoms with Crippen molar-refractivity contribution < 1.29 is 0 Å². The van der Waals surface area contributed by atoms with Crippen LogP contribution in [0.2, 0.25) is 0 Å². The van der Waals surface area contributed by atoms with Crippen molar-refractivity contribution in [2.75, 3.05) is 20.1 Å². The van der Waals surface area contributed by atoms with Crippen LogP contribution in [0.4, 0.5) is 0 Å². The summed E-state index contributed by atoms with van der Waals surface area (Å²) in [5.74, 6) is 1.71. The molecule has 0 heterocycles. The van der Waals surface area contributed by atoms with E-state index in [1.54, 1.807) is 0 Å². The molecule has 0 aromatic rings. The van der Waals surface area contributed by atoms with Gasteiger partial charge in [0.15, 0.2) is 0 Å². The van der Waals surface area contributed by atoms with Crippen molar-refractivity contribution in [2.45, 2.75) is 39.2 Å². The summed E-state index contributed by atoms with van der Waals surface area (Å²) in [6, 6.07) is 0.652. The molecule has 0 radical (unpaired) electrons. The van der Waals surface area contributed by atoms with Gasteiger partial charge in [0.05, 0.1) is 0 Å². The highest BCUT2D eigenvalue weighted by Gasteiger charge is 2.32. The maximum Gasteiger partial charge on any atom is 0.0243 e. The first kappa shape index (κ1) is 11.0. The molecular weight excluding hydrogens is 160 g/mol. The molecule has 1 rings (SSSR count). The van der Waals surface area contributed by atoms with Gasteiger partial charge in [-0.25, -0.2) is 0 Å². The molecule has 0 aromatic heterocycles. The predicted molar refractivity (Wildman–Crippen MR) is 57.7 cm³/mol. The Hall–Kier alpha value is -0.0800. The van der Waals surface area contributed by atoms with Gasteiger partial charge < -0.3 is 10.6 Å². The van der Waals surface area contributed by atoms with Gasteiger partial charge in [0.1, 0.15) is 0 Å². The summed E-state index contributed by atoms with van der Waals surface area (Å²) in [4.78, 5) is 2.46. The van der Waals surface area contributed by atoms with Gasteiger partial charge in [-0.15, -0.1) is 0 Å². The molecule has 2 N–H and O–H groups in total. The highest BCUT2D eigenvalue weighted by atomic mass is 15.1. The summed E-state index contributed by atoms with van der Waals surface area (Å²) in [6.07, 6.45) is 4.08. The van der Waals surface area contributed by atoms with Gasteiger partial charge >= 0.3 is 0 Å². The first-order valence-electron chi connectivity index (χ1n) is 5.55. The minimum absolute atomic E-state index is 0.652. The van der Waals surface area contributed by atoms with E-state index in [4.69, 9.17) is 5.73 Å². The van der Waals surface area contributed by atoms with Crippen LogP contribution in [0.15, 0.2) is 0 Å². The van der Waals surface area contributed by atoms with Gasteiger partial charge in [-0.05, 0) is 44.7 Å². The lowest BCUT2D eigenvalue weighted by molar-refractivity contribution is 0.212. The lowest BCUT2D eigenvalue weighted by atomic mass is 10.1. The van der Waals surface area contributed by atoms with Crippen molar-refractivity contribution in [1.29, 1.82) is 0 Å². The van der Waals surface area contributed by atoms with Crippen molar-refractivity contribution in [3.8, 4) is 0 Å². The van der Waals surface area contributed by atoms with Crippen LogP contribution >= 0.6 is 0 Å². The van der Waals surface area contributed by atoms with E-state index >= 15 is 0 Å². The molecule has 78 valence electrons. The second kappa shape index (κ2) is 4.97. The zero-order chi connectivity index (χ0) is 9.84. The zero-order valence-electron chi connectivity index (χ0n) is 9.29. The summed E-state index contributed by atoms with van der Waals surface area (Å²) >= 11 is 0. The lowest BCUT2D eigenvalue weighted by Crippen LogP contribution is -2.40. The SMILES string of the molecule is CC(C)CCN(C)C(CN)C1CC1. The Kier molecular flexibility index (Phi) is 4.20. The molecule has 1 atom stereocenters. The van der Waals surface area contributed by atoms with Crippen molar-refractivity contribution in [3.63, 3.8) is 0 Å². The Labute approximate surface area is 82.5 Å². The van der Waals surface area contributed by atoms with Gasteiger partial charge in [-0.3, -0.25) is 0 Å². The first-order chi connectivity index (χ1) is 6.15. The fraction of sp³-hybridized carbons (Fsp3) is 1.00. The molecular formula is C11H24N2. The van der Waals surface area contributed by atoms with Gasteiger partial charge in [0.2, 0.25) is 0 Å². The molecule has 1 aliphatic rings. The standard InChI is InChI=1S/C11H24N2/c1-9(2)6-7-13(3)11(8-12)10-4-5-10/h9-11H,4-8,12H2,1-3H3. The topological polar surface area (TPSA) is 29.3 Å². The number of nitrogens with zero attached hydrogens (tertiary/aromatic N) is 1. The van der Waals surface area contributed by atoms with Crippen LogP contribution in [0.1, 0.15) is 33.1 Å². The smallest absolute Gasteiger partial charge is 0.0243 e. The molecule has 0 saturated heterocycles. The lowest BCUT2D eigenvalue weighted by Gasteiger charge is -2.27. The van der Waals surface area contributed by atoms with Crippen LogP contribution in [0.3, 0.4) is 0 Å². The molecule has 1 fully saturated rings. The molecule has 1 unspecified atom stereocenters. The van der Waals surface area contributed by atoms with Crippen LogP contribution in [0.5, 0.6) is 0 Å². The molecule has 2 heteroatoms. The zero-order valence-corrected chi connectivity index (χ0v) is 9.29. The Morgan fingerprint density at radius 3 is 2.38 bits per heavy atom. The summed E-state index contributed by atoms with van der Waals surface area (Å²) in [7, 11) is 2.22. The monoisotopic (exact) mass is 184 g/mol. The van der Waals surface area contributed by atoms with Crippen LogP contribution in [0.25, 0.3) is 0 Å². The summed E-state index contributed by atoms with van der Waals surface area (Å²) in [5.41, 5.74) is 5.78. The Balaban J connectivity index is 2.22. The van der Waals surface area contributed by atoms with Crippen LogP contribution in [-0.4, -0.2) is 31.1 Å². The van der Waals surface area contributed by atoms with Crippen molar-refractivity contribution in [3.05, 3.63) is 0 Å². The Morgan fingerprint density at radius 2 is 2.00 bits per heavy atom. The second-order valence-electron chi connectivity index (χ2n) is 4.80. The average molecular weight is 184 g/mol.